The largest absolute Gasteiger partial charge is 0.465 e. The Morgan fingerprint density at radius 2 is 1.87 bits per heavy atom. The van der Waals surface area contributed by atoms with E-state index >= 15 is 0 Å². The van der Waals surface area contributed by atoms with Crippen LogP contribution in [0.1, 0.15) is 17.7 Å². The van der Waals surface area contributed by atoms with Gasteiger partial charge in [-0.3, -0.25) is 4.79 Å². The van der Waals surface area contributed by atoms with E-state index < -0.39 is 0 Å². The molecule has 0 aromatic heterocycles. The highest BCUT2D eigenvalue weighted by Crippen LogP contribution is 2.46. The number of hydrogen-bond acceptors (Lipinski definition) is 4. The summed E-state index contributed by atoms with van der Waals surface area (Å²) in [4.78, 5) is 15.7. The maximum absolute atomic E-state index is 12.0. The Morgan fingerprint density at radius 3 is 2.61 bits per heavy atom. The van der Waals surface area contributed by atoms with Crippen molar-refractivity contribution in [2.24, 2.45) is 0 Å². The maximum Gasteiger partial charge on any atom is 0.325 e. The van der Waals surface area contributed by atoms with E-state index in [1.807, 2.05) is 48.2 Å². The summed E-state index contributed by atoms with van der Waals surface area (Å²) in [5.74, 6) is -0.261. The highest BCUT2D eigenvalue weighted by atomic mass is 32.2. The van der Waals surface area contributed by atoms with Gasteiger partial charge in [0.05, 0.1) is 17.5 Å². The first kappa shape index (κ1) is 16.0. The number of thiocarbonyl (C=S) groups is 1. The molecule has 1 atom stereocenters. The number of esters is 1. The molecule has 23 heavy (non-hydrogen) atoms. The highest BCUT2D eigenvalue weighted by Gasteiger charge is 2.32. The summed E-state index contributed by atoms with van der Waals surface area (Å²) in [5, 5.41) is 0.0236. The van der Waals surface area contributed by atoms with E-state index in [0.717, 1.165) is 21.1 Å². The molecule has 0 saturated carbocycles. The Morgan fingerprint density at radius 1 is 1.17 bits per heavy atom. The molecular weight excluding hydrogens is 326 g/mol. The minimum atomic E-state index is -0.261. The van der Waals surface area contributed by atoms with Gasteiger partial charge < -0.3 is 9.64 Å². The third-order valence-electron chi connectivity index (χ3n) is 3.59. The monoisotopic (exact) mass is 343 g/mol. The van der Waals surface area contributed by atoms with Crippen LogP contribution in [0.4, 0.5) is 5.69 Å². The van der Waals surface area contributed by atoms with Crippen LogP contribution in [0.3, 0.4) is 0 Å². The molecule has 118 valence electrons. The van der Waals surface area contributed by atoms with Gasteiger partial charge in [0.1, 0.15) is 11.5 Å². The molecule has 0 N–H and O–H groups in total. The molecule has 3 rings (SSSR count). The van der Waals surface area contributed by atoms with Crippen LogP contribution < -0.4 is 4.90 Å². The number of benzene rings is 2. The number of fused-ring (bicyclic) bond motifs is 1. The van der Waals surface area contributed by atoms with E-state index in [9.17, 15) is 4.79 Å². The van der Waals surface area contributed by atoms with Gasteiger partial charge in [-0.25, -0.2) is 0 Å². The second kappa shape index (κ2) is 7.15. The van der Waals surface area contributed by atoms with Gasteiger partial charge in [-0.15, -0.1) is 11.8 Å². The molecule has 0 fully saturated rings. The molecule has 0 spiro atoms. The number of thioether (sulfide) groups is 1. The Bertz CT molecular complexity index is 718. The Balaban J connectivity index is 1.96. The fourth-order valence-corrected chi connectivity index (χ4v) is 4.23. The fourth-order valence-electron chi connectivity index (χ4n) is 2.55. The molecule has 0 aliphatic carbocycles. The zero-order valence-electron chi connectivity index (χ0n) is 12.8. The number of carbonyl (C=O) groups is 1. The molecule has 1 heterocycles. The molecule has 0 bridgehead atoms. The summed E-state index contributed by atoms with van der Waals surface area (Å²) in [6.07, 6.45) is 0. The Kier molecular flexibility index (Phi) is 4.98. The molecular formula is C18H17NO2S2. The van der Waals surface area contributed by atoms with Gasteiger partial charge in [0.25, 0.3) is 0 Å². The van der Waals surface area contributed by atoms with Crippen LogP contribution in [0.15, 0.2) is 59.5 Å². The average Bonchev–Trinajstić information content (AvgIpc) is 2.58. The lowest BCUT2D eigenvalue weighted by molar-refractivity contribution is -0.141. The van der Waals surface area contributed by atoms with Crippen LogP contribution >= 0.6 is 24.0 Å². The van der Waals surface area contributed by atoms with Gasteiger partial charge in [-0.2, -0.15) is 0 Å². The number of ether oxygens (including phenoxy) is 1. The lowest BCUT2D eigenvalue weighted by Gasteiger charge is -2.35. The van der Waals surface area contributed by atoms with Crippen LogP contribution in [-0.4, -0.2) is 24.1 Å². The fraction of sp³-hybridized carbons (Fsp3) is 0.222. The normalized spacial score (nSPS) is 16.8. The Labute approximate surface area is 145 Å². The average molecular weight is 343 g/mol. The second-order valence-electron chi connectivity index (χ2n) is 5.11. The molecule has 2 aromatic carbocycles. The molecule has 1 aliphatic rings. The predicted molar refractivity (Wildman–Crippen MR) is 98.1 cm³/mol. The molecule has 1 unspecified atom stereocenters. The van der Waals surface area contributed by atoms with Gasteiger partial charge >= 0.3 is 5.97 Å². The summed E-state index contributed by atoms with van der Waals surface area (Å²) >= 11 is 7.43. The molecule has 2 aromatic rings. The molecule has 0 saturated heterocycles. The highest BCUT2D eigenvalue weighted by molar-refractivity contribution is 8.01. The first-order valence-electron chi connectivity index (χ1n) is 7.48. The third-order valence-corrected chi connectivity index (χ3v) is 5.52. The van der Waals surface area contributed by atoms with E-state index in [4.69, 9.17) is 17.0 Å². The maximum atomic E-state index is 12.0. The lowest BCUT2D eigenvalue weighted by atomic mass is 10.1. The molecule has 0 radical (unpaired) electrons. The smallest absolute Gasteiger partial charge is 0.325 e. The van der Waals surface area contributed by atoms with Crippen molar-refractivity contribution in [2.75, 3.05) is 18.1 Å². The molecule has 3 nitrogen and oxygen atoms in total. The van der Waals surface area contributed by atoms with Crippen molar-refractivity contribution in [3.63, 3.8) is 0 Å². The first-order chi connectivity index (χ1) is 11.2. The second-order valence-corrected chi connectivity index (χ2v) is 6.67. The standard InChI is InChI=1S/C18H17NO2S2/c1-2-21-16(20)12-19-14-10-6-7-11-15(14)23-17(18(19)22)13-8-4-3-5-9-13/h3-11,17H,2,12H2,1H3. The van der Waals surface area contributed by atoms with Gasteiger partial charge in [-0.05, 0) is 24.6 Å². The van der Waals surface area contributed by atoms with Crippen LogP contribution in [0.25, 0.3) is 0 Å². The number of hydrogen-bond donors (Lipinski definition) is 0. The van der Waals surface area contributed by atoms with Gasteiger partial charge in [0.2, 0.25) is 0 Å². The summed E-state index contributed by atoms with van der Waals surface area (Å²) < 4.78 is 5.10. The number of para-hydroxylation sites is 1. The Hall–Kier alpha value is -1.85. The van der Waals surface area contributed by atoms with Crippen molar-refractivity contribution >= 4 is 40.6 Å². The van der Waals surface area contributed by atoms with Gasteiger partial charge in [0.15, 0.2) is 0 Å². The van der Waals surface area contributed by atoms with Crippen molar-refractivity contribution in [1.82, 2.24) is 0 Å². The quantitative estimate of drug-likeness (QED) is 0.612. The van der Waals surface area contributed by atoms with Crippen LogP contribution in [-0.2, 0) is 9.53 Å². The first-order valence-corrected chi connectivity index (χ1v) is 8.77. The van der Waals surface area contributed by atoms with Crippen molar-refractivity contribution < 1.29 is 9.53 Å². The van der Waals surface area contributed by atoms with E-state index in [1.54, 1.807) is 11.8 Å². The SMILES string of the molecule is CCOC(=O)CN1C(=S)C(c2ccccc2)Sc2ccccc21. The van der Waals surface area contributed by atoms with Crippen molar-refractivity contribution in [3.8, 4) is 0 Å². The summed E-state index contributed by atoms with van der Waals surface area (Å²) in [7, 11) is 0. The van der Waals surface area contributed by atoms with E-state index in [-0.39, 0.29) is 17.8 Å². The van der Waals surface area contributed by atoms with Gasteiger partial charge in [-0.1, -0.05) is 54.7 Å². The van der Waals surface area contributed by atoms with E-state index in [1.165, 1.54) is 0 Å². The molecule has 5 heteroatoms. The zero-order valence-corrected chi connectivity index (χ0v) is 14.4. The zero-order chi connectivity index (χ0) is 16.2. The number of nitrogens with zero attached hydrogens (tertiary/aromatic N) is 1. The van der Waals surface area contributed by atoms with Crippen molar-refractivity contribution in [1.29, 1.82) is 0 Å². The van der Waals surface area contributed by atoms with Crippen LogP contribution in [0, 0.1) is 0 Å². The summed E-state index contributed by atoms with van der Waals surface area (Å²) in [5.41, 5.74) is 2.12. The van der Waals surface area contributed by atoms with Crippen LogP contribution in [0.2, 0.25) is 0 Å². The third kappa shape index (κ3) is 3.41. The lowest BCUT2D eigenvalue weighted by Crippen LogP contribution is -2.40. The summed E-state index contributed by atoms with van der Waals surface area (Å²) in [6.45, 7) is 2.33. The number of anilines is 1. The molecule has 1 aliphatic heterocycles. The number of carbonyl (C=O) groups excluding carboxylic acids is 1. The molecule has 0 amide bonds. The minimum absolute atomic E-state index is 0.0236. The summed E-state index contributed by atoms with van der Waals surface area (Å²) in [6, 6.07) is 18.2. The van der Waals surface area contributed by atoms with Gasteiger partial charge in [0, 0.05) is 4.90 Å². The predicted octanol–water partition coefficient (Wildman–Crippen LogP) is 4.23. The van der Waals surface area contributed by atoms with E-state index in [2.05, 4.69) is 18.2 Å². The van der Waals surface area contributed by atoms with Crippen LogP contribution in [0.5, 0.6) is 0 Å². The minimum Gasteiger partial charge on any atom is -0.465 e. The van der Waals surface area contributed by atoms with E-state index in [0.29, 0.717) is 6.61 Å². The van der Waals surface area contributed by atoms with Crippen molar-refractivity contribution in [3.05, 3.63) is 60.2 Å². The number of rotatable bonds is 4. The van der Waals surface area contributed by atoms with Crippen molar-refractivity contribution in [2.45, 2.75) is 17.1 Å². The topological polar surface area (TPSA) is 29.5 Å².